The van der Waals surface area contributed by atoms with E-state index in [0.29, 0.717) is 5.56 Å². The van der Waals surface area contributed by atoms with E-state index in [9.17, 15) is 27.7 Å². The van der Waals surface area contributed by atoms with Gasteiger partial charge in [0.05, 0.1) is 11.0 Å². The Bertz CT molecular complexity index is 1240. The lowest BCUT2D eigenvalue weighted by molar-refractivity contribution is -0.385. The number of nitrogens with zero attached hydrogens (tertiary/aromatic N) is 2. The van der Waals surface area contributed by atoms with Crippen LogP contribution in [0.15, 0.2) is 77.7 Å². The van der Waals surface area contributed by atoms with Crippen molar-refractivity contribution in [1.29, 1.82) is 0 Å². The standard InChI is InChI=1S/C22H19FN2O6S/c1-15(16-6-10-18(23)11-7-16)24(2)22(26)17-8-12-20(13-9-17)31-32(29,30)21-5-3-4-19(14-21)25(27)28/h3-15H,1-2H3. The summed E-state index contributed by atoms with van der Waals surface area (Å²) in [6.45, 7) is 1.80. The Kier molecular flexibility index (Phi) is 6.54. The first kappa shape index (κ1) is 22.9. The van der Waals surface area contributed by atoms with Crippen LogP contribution in [0.1, 0.15) is 28.9 Å². The van der Waals surface area contributed by atoms with Crippen molar-refractivity contribution in [3.05, 3.63) is 99.9 Å². The van der Waals surface area contributed by atoms with Crippen molar-refractivity contribution < 1.29 is 26.7 Å². The summed E-state index contributed by atoms with van der Waals surface area (Å²) in [5.74, 6) is -0.747. The molecular weight excluding hydrogens is 439 g/mol. The van der Waals surface area contributed by atoms with Crippen LogP contribution in [0.5, 0.6) is 5.75 Å². The van der Waals surface area contributed by atoms with Crippen LogP contribution >= 0.6 is 0 Å². The quantitative estimate of drug-likeness (QED) is 0.296. The van der Waals surface area contributed by atoms with Crippen molar-refractivity contribution in [2.45, 2.75) is 17.9 Å². The van der Waals surface area contributed by atoms with Crippen molar-refractivity contribution in [1.82, 2.24) is 4.90 Å². The zero-order valence-corrected chi connectivity index (χ0v) is 18.0. The Hall–Kier alpha value is -3.79. The number of nitro groups is 1. The molecule has 3 aromatic rings. The highest BCUT2D eigenvalue weighted by Crippen LogP contribution is 2.24. The lowest BCUT2D eigenvalue weighted by atomic mass is 10.1. The summed E-state index contributed by atoms with van der Waals surface area (Å²) in [6.07, 6.45) is 0. The van der Waals surface area contributed by atoms with Gasteiger partial charge in [-0.25, -0.2) is 4.39 Å². The number of non-ortho nitro benzene ring substituents is 1. The lowest BCUT2D eigenvalue weighted by Crippen LogP contribution is -2.29. The number of amides is 1. The highest BCUT2D eigenvalue weighted by atomic mass is 32.2. The first-order valence-corrected chi connectivity index (χ1v) is 10.8. The molecule has 0 radical (unpaired) electrons. The van der Waals surface area contributed by atoms with E-state index < -0.39 is 15.0 Å². The molecule has 8 nitrogen and oxygen atoms in total. The zero-order valence-electron chi connectivity index (χ0n) is 17.1. The van der Waals surface area contributed by atoms with Crippen LogP contribution in [0.3, 0.4) is 0 Å². The number of carbonyl (C=O) groups is 1. The number of carbonyl (C=O) groups excluding carboxylic acids is 1. The van der Waals surface area contributed by atoms with Gasteiger partial charge in [-0.05, 0) is 55.0 Å². The van der Waals surface area contributed by atoms with E-state index >= 15 is 0 Å². The molecule has 1 unspecified atom stereocenters. The normalized spacial score (nSPS) is 12.1. The summed E-state index contributed by atoms with van der Waals surface area (Å²) < 4.78 is 43.0. The van der Waals surface area contributed by atoms with Crippen LogP contribution in [-0.2, 0) is 10.1 Å². The summed E-state index contributed by atoms with van der Waals surface area (Å²) in [5, 5.41) is 10.9. The maximum atomic E-state index is 13.1. The molecule has 1 atom stereocenters. The highest BCUT2D eigenvalue weighted by molar-refractivity contribution is 7.87. The number of benzene rings is 3. The summed E-state index contributed by atoms with van der Waals surface area (Å²) in [7, 11) is -2.70. The second-order valence-corrected chi connectivity index (χ2v) is 8.51. The van der Waals surface area contributed by atoms with Gasteiger partial charge in [-0.1, -0.05) is 18.2 Å². The van der Waals surface area contributed by atoms with Crippen LogP contribution in [-0.4, -0.2) is 31.2 Å². The number of halogens is 1. The second-order valence-electron chi connectivity index (χ2n) is 6.96. The minimum atomic E-state index is -4.30. The summed E-state index contributed by atoms with van der Waals surface area (Å²) in [4.78, 5) is 24.0. The van der Waals surface area contributed by atoms with Crippen molar-refractivity contribution in [2.75, 3.05) is 7.05 Å². The van der Waals surface area contributed by atoms with Gasteiger partial charge in [0.15, 0.2) is 0 Å². The largest absolute Gasteiger partial charge is 0.379 e. The molecule has 0 aliphatic rings. The predicted molar refractivity (Wildman–Crippen MR) is 114 cm³/mol. The van der Waals surface area contributed by atoms with Gasteiger partial charge in [0, 0.05) is 24.7 Å². The number of hydrogen-bond donors (Lipinski definition) is 0. The van der Waals surface area contributed by atoms with Gasteiger partial charge in [0.25, 0.3) is 11.6 Å². The molecule has 3 rings (SSSR count). The molecule has 0 aromatic heterocycles. The minimum absolute atomic E-state index is 0.0534. The van der Waals surface area contributed by atoms with Crippen LogP contribution in [0, 0.1) is 15.9 Å². The number of nitro benzene ring substituents is 1. The fourth-order valence-electron chi connectivity index (χ4n) is 2.92. The Morgan fingerprint density at radius 2 is 1.69 bits per heavy atom. The molecule has 1 amide bonds. The molecule has 0 fully saturated rings. The minimum Gasteiger partial charge on any atom is -0.379 e. The molecule has 10 heteroatoms. The maximum Gasteiger partial charge on any atom is 0.339 e. The fourth-order valence-corrected chi connectivity index (χ4v) is 3.90. The molecule has 0 bridgehead atoms. The van der Waals surface area contributed by atoms with Crippen molar-refractivity contribution >= 4 is 21.7 Å². The SMILES string of the molecule is CC(c1ccc(F)cc1)N(C)C(=O)c1ccc(OS(=O)(=O)c2cccc([N+](=O)[O-])c2)cc1. The molecule has 0 N–H and O–H groups in total. The Morgan fingerprint density at radius 3 is 2.28 bits per heavy atom. The smallest absolute Gasteiger partial charge is 0.339 e. The van der Waals surface area contributed by atoms with E-state index in [1.54, 1.807) is 26.1 Å². The molecule has 32 heavy (non-hydrogen) atoms. The van der Waals surface area contributed by atoms with Crippen LogP contribution < -0.4 is 4.18 Å². The zero-order chi connectivity index (χ0) is 23.5. The average Bonchev–Trinajstić information content (AvgIpc) is 2.78. The fraction of sp³-hybridized carbons (Fsp3) is 0.136. The van der Waals surface area contributed by atoms with Gasteiger partial charge in [0.2, 0.25) is 0 Å². The summed E-state index contributed by atoms with van der Waals surface area (Å²) >= 11 is 0. The van der Waals surface area contributed by atoms with Crippen LogP contribution in [0.2, 0.25) is 0 Å². The van der Waals surface area contributed by atoms with Crippen molar-refractivity contribution in [3.63, 3.8) is 0 Å². The Balaban J connectivity index is 1.74. The molecular formula is C22H19FN2O6S. The van der Waals surface area contributed by atoms with E-state index in [2.05, 4.69) is 0 Å². The van der Waals surface area contributed by atoms with Gasteiger partial charge in [-0.3, -0.25) is 14.9 Å². The van der Waals surface area contributed by atoms with E-state index in [0.717, 1.165) is 11.6 Å². The van der Waals surface area contributed by atoms with Gasteiger partial charge >= 0.3 is 10.1 Å². The molecule has 0 saturated heterocycles. The van der Waals surface area contributed by atoms with E-state index in [-0.39, 0.29) is 34.1 Å². The predicted octanol–water partition coefficient (Wildman–Crippen LogP) is 4.33. The Morgan fingerprint density at radius 1 is 1.06 bits per heavy atom. The molecule has 0 saturated carbocycles. The van der Waals surface area contributed by atoms with Gasteiger partial charge in [-0.2, -0.15) is 8.42 Å². The summed E-state index contributed by atoms with van der Waals surface area (Å²) in [5.41, 5.74) is 0.667. The number of hydrogen-bond acceptors (Lipinski definition) is 6. The molecule has 0 aliphatic heterocycles. The maximum absolute atomic E-state index is 13.1. The third-order valence-electron chi connectivity index (χ3n) is 4.88. The monoisotopic (exact) mass is 458 g/mol. The van der Waals surface area contributed by atoms with E-state index in [1.165, 1.54) is 59.5 Å². The van der Waals surface area contributed by atoms with Gasteiger partial charge in [0.1, 0.15) is 16.5 Å². The first-order chi connectivity index (χ1) is 15.1. The number of rotatable bonds is 7. The summed E-state index contributed by atoms with van der Waals surface area (Å²) in [6, 6.07) is 15.5. The average molecular weight is 458 g/mol. The van der Waals surface area contributed by atoms with E-state index in [1.807, 2.05) is 0 Å². The third kappa shape index (κ3) is 5.09. The van der Waals surface area contributed by atoms with Crippen molar-refractivity contribution in [2.24, 2.45) is 0 Å². The second kappa shape index (κ2) is 9.15. The van der Waals surface area contributed by atoms with Gasteiger partial charge < -0.3 is 9.08 Å². The molecule has 0 spiro atoms. The first-order valence-electron chi connectivity index (χ1n) is 9.40. The van der Waals surface area contributed by atoms with Gasteiger partial charge in [-0.15, -0.1) is 0 Å². The molecule has 166 valence electrons. The van der Waals surface area contributed by atoms with E-state index in [4.69, 9.17) is 4.18 Å². The van der Waals surface area contributed by atoms with Crippen LogP contribution in [0.25, 0.3) is 0 Å². The molecule has 0 heterocycles. The van der Waals surface area contributed by atoms with Crippen LogP contribution in [0.4, 0.5) is 10.1 Å². The molecule has 0 aliphatic carbocycles. The topological polar surface area (TPSA) is 107 Å². The highest BCUT2D eigenvalue weighted by Gasteiger charge is 2.22. The molecule has 3 aromatic carbocycles. The van der Waals surface area contributed by atoms with Crippen molar-refractivity contribution in [3.8, 4) is 5.75 Å². The lowest BCUT2D eigenvalue weighted by Gasteiger charge is -2.25. The third-order valence-corrected chi connectivity index (χ3v) is 6.12. The Labute approximate surface area is 184 Å².